The zero-order chi connectivity index (χ0) is 14.1. The van der Waals surface area contributed by atoms with Crippen molar-refractivity contribution in [2.75, 3.05) is 19.8 Å². The number of hydrogen-bond donors (Lipinski definition) is 1. The van der Waals surface area contributed by atoms with Crippen LogP contribution in [0.25, 0.3) is 0 Å². The molecule has 5 heteroatoms. The molecule has 104 valence electrons. The van der Waals surface area contributed by atoms with E-state index in [-0.39, 0.29) is 12.5 Å². The maximum absolute atomic E-state index is 11.5. The summed E-state index contributed by atoms with van der Waals surface area (Å²) in [5.74, 6) is 0.561. The lowest BCUT2D eigenvalue weighted by atomic mass is 10.2. The molecule has 1 N–H and O–H groups in total. The third-order valence-corrected chi connectivity index (χ3v) is 2.36. The zero-order valence-corrected chi connectivity index (χ0v) is 11.3. The lowest BCUT2D eigenvalue weighted by Crippen LogP contribution is -2.29. The molecule has 0 fully saturated rings. The number of ether oxygens (including phenoxy) is 2. The van der Waals surface area contributed by atoms with Crippen LogP contribution in [0.3, 0.4) is 0 Å². The van der Waals surface area contributed by atoms with Gasteiger partial charge in [0.05, 0.1) is 12.2 Å². The van der Waals surface area contributed by atoms with Crippen LogP contribution in [-0.2, 0) is 4.79 Å². The maximum Gasteiger partial charge on any atom is 0.257 e. The van der Waals surface area contributed by atoms with E-state index in [2.05, 4.69) is 5.32 Å². The Labute approximate surface area is 112 Å². The van der Waals surface area contributed by atoms with E-state index in [9.17, 15) is 9.59 Å². The topological polar surface area (TPSA) is 64.6 Å². The molecular weight excluding hydrogens is 246 g/mol. The van der Waals surface area contributed by atoms with Crippen molar-refractivity contribution in [3.05, 3.63) is 23.8 Å². The van der Waals surface area contributed by atoms with Gasteiger partial charge in [-0.05, 0) is 25.5 Å². The highest BCUT2D eigenvalue weighted by atomic mass is 16.5. The monoisotopic (exact) mass is 265 g/mol. The van der Waals surface area contributed by atoms with Gasteiger partial charge in [0.2, 0.25) is 0 Å². The SMILES string of the molecule is CCCNC(=O)COc1c(C=O)cccc1OCC. The van der Waals surface area contributed by atoms with Gasteiger partial charge < -0.3 is 14.8 Å². The van der Waals surface area contributed by atoms with E-state index in [0.29, 0.717) is 36.5 Å². The second-order valence-electron chi connectivity index (χ2n) is 3.86. The highest BCUT2D eigenvalue weighted by Crippen LogP contribution is 2.30. The minimum Gasteiger partial charge on any atom is -0.490 e. The van der Waals surface area contributed by atoms with E-state index in [0.717, 1.165) is 6.42 Å². The van der Waals surface area contributed by atoms with Gasteiger partial charge in [-0.15, -0.1) is 0 Å². The summed E-state index contributed by atoms with van der Waals surface area (Å²) in [4.78, 5) is 22.4. The van der Waals surface area contributed by atoms with Crippen molar-refractivity contribution in [3.63, 3.8) is 0 Å². The molecule has 0 atom stereocenters. The molecule has 1 aromatic rings. The molecule has 0 unspecified atom stereocenters. The predicted octanol–water partition coefficient (Wildman–Crippen LogP) is 1.80. The summed E-state index contributed by atoms with van der Waals surface area (Å²) in [6, 6.07) is 5.03. The zero-order valence-electron chi connectivity index (χ0n) is 11.3. The fraction of sp³-hybridized carbons (Fsp3) is 0.429. The van der Waals surface area contributed by atoms with Gasteiger partial charge in [-0.2, -0.15) is 0 Å². The number of amides is 1. The van der Waals surface area contributed by atoms with Gasteiger partial charge in [0.25, 0.3) is 5.91 Å². The Balaban J connectivity index is 2.74. The van der Waals surface area contributed by atoms with Gasteiger partial charge in [0.1, 0.15) is 0 Å². The maximum atomic E-state index is 11.5. The molecule has 0 heterocycles. The molecule has 0 aliphatic rings. The quantitative estimate of drug-likeness (QED) is 0.728. The Morgan fingerprint density at radius 3 is 2.74 bits per heavy atom. The van der Waals surface area contributed by atoms with Crippen molar-refractivity contribution < 1.29 is 19.1 Å². The normalized spacial score (nSPS) is 9.79. The van der Waals surface area contributed by atoms with E-state index >= 15 is 0 Å². The van der Waals surface area contributed by atoms with Crippen molar-refractivity contribution in [2.24, 2.45) is 0 Å². The summed E-state index contributed by atoms with van der Waals surface area (Å²) in [7, 11) is 0. The van der Waals surface area contributed by atoms with Crippen molar-refractivity contribution in [3.8, 4) is 11.5 Å². The molecule has 1 rings (SSSR count). The molecule has 1 amide bonds. The van der Waals surface area contributed by atoms with Crippen LogP contribution < -0.4 is 14.8 Å². The molecule has 0 spiro atoms. The number of carbonyl (C=O) groups excluding carboxylic acids is 2. The first kappa shape index (κ1) is 15.0. The Morgan fingerprint density at radius 2 is 2.11 bits per heavy atom. The average Bonchev–Trinajstić information content (AvgIpc) is 2.43. The molecular formula is C14H19NO4. The van der Waals surface area contributed by atoms with Crippen LogP contribution in [-0.4, -0.2) is 32.0 Å². The molecule has 0 saturated heterocycles. The van der Waals surface area contributed by atoms with Crippen LogP contribution in [0.15, 0.2) is 18.2 Å². The second-order valence-corrected chi connectivity index (χ2v) is 3.86. The first-order valence-corrected chi connectivity index (χ1v) is 6.33. The Bertz CT molecular complexity index is 431. The highest BCUT2D eigenvalue weighted by Gasteiger charge is 2.12. The Kier molecular flexibility index (Phi) is 6.43. The van der Waals surface area contributed by atoms with E-state index in [1.165, 1.54) is 0 Å². The third kappa shape index (κ3) is 4.62. The lowest BCUT2D eigenvalue weighted by molar-refractivity contribution is -0.123. The predicted molar refractivity (Wildman–Crippen MR) is 71.8 cm³/mol. The smallest absolute Gasteiger partial charge is 0.257 e. The van der Waals surface area contributed by atoms with Crippen LogP contribution in [0.4, 0.5) is 0 Å². The summed E-state index contributed by atoms with van der Waals surface area (Å²) in [5.41, 5.74) is 0.370. The van der Waals surface area contributed by atoms with E-state index in [1.54, 1.807) is 18.2 Å². The minimum atomic E-state index is -0.218. The first-order chi connectivity index (χ1) is 9.22. The molecule has 0 aliphatic heterocycles. The average molecular weight is 265 g/mol. The Morgan fingerprint density at radius 1 is 1.32 bits per heavy atom. The van der Waals surface area contributed by atoms with Gasteiger partial charge in [-0.25, -0.2) is 0 Å². The van der Waals surface area contributed by atoms with Gasteiger partial charge >= 0.3 is 0 Å². The minimum absolute atomic E-state index is 0.134. The second kappa shape index (κ2) is 8.13. The molecule has 5 nitrogen and oxygen atoms in total. The fourth-order valence-corrected chi connectivity index (χ4v) is 1.50. The van der Waals surface area contributed by atoms with Gasteiger partial charge in [-0.3, -0.25) is 9.59 Å². The van der Waals surface area contributed by atoms with Gasteiger partial charge in [-0.1, -0.05) is 13.0 Å². The van der Waals surface area contributed by atoms with Crippen LogP contribution in [0, 0.1) is 0 Å². The number of nitrogens with one attached hydrogen (secondary N) is 1. The number of benzene rings is 1. The molecule has 0 aromatic heterocycles. The molecule has 0 aliphatic carbocycles. The van der Waals surface area contributed by atoms with Crippen LogP contribution in [0.1, 0.15) is 30.6 Å². The van der Waals surface area contributed by atoms with Gasteiger partial charge in [0.15, 0.2) is 24.4 Å². The first-order valence-electron chi connectivity index (χ1n) is 6.33. The number of rotatable bonds is 8. The highest BCUT2D eigenvalue weighted by molar-refractivity contribution is 5.82. The number of aldehydes is 1. The lowest BCUT2D eigenvalue weighted by Gasteiger charge is -2.13. The Hall–Kier alpha value is -2.04. The van der Waals surface area contributed by atoms with Crippen LogP contribution in [0.2, 0.25) is 0 Å². The fourth-order valence-electron chi connectivity index (χ4n) is 1.50. The van der Waals surface area contributed by atoms with Crippen molar-refractivity contribution in [1.29, 1.82) is 0 Å². The van der Waals surface area contributed by atoms with E-state index in [4.69, 9.17) is 9.47 Å². The van der Waals surface area contributed by atoms with Crippen molar-refractivity contribution in [1.82, 2.24) is 5.32 Å². The molecule has 1 aromatic carbocycles. The van der Waals surface area contributed by atoms with E-state index in [1.807, 2.05) is 13.8 Å². The van der Waals surface area contributed by atoms with Crippen LogP contribution in [0.5, 0.6) is 11.5 Å². The number of para-hydroxylation sites is 1. The third-order valence-electron chi connectivity index (χ3n) is 2.36. The number of carbonyl (C=O) groups is 2. The molecule has 19 heavy (non-hydrogen) atoms. The summed E-state index contributed by atoms with van der Waals surface area (Å²) in [6.45, 7) is 4.74. The van der Waals surface area contributed by atoms with Crippen LogP contribution >= 0.6 is 0 Å². The molecule has 0 bridgehead atoms. The summed E-state index contributed by atoms with van der Waals surface area (Å²) >= 11 is 0. The van der Waals surface area contributed by atoms with Crippen molar-refractivity contribution in [2.45, 2.75) is 20.3 Å². The molecule has 0 saturated carbocycles. The summed E-state index contributed by atoms with van der Waals surface area (Å²) in [5, 5.41) is 2.70. The van der Waals surface area contributed by atoms with E-state index < -0.39 is 0 Å². The number of hydrogen-bond acceptors (Lipinski definition) is 4. The summed E-state index contributed by atoms with van der Waals surface area (Å²) < 4.78 is 10.8. The summed E-state index contributed by atoms with van der Waals surface area (Å²) in [6.07, 6.45) is 1.54. The van der Waals surface area contributed by atoms with Crippen molar-refractivity contribution >= 4 is 12.2 Å². The largest absolute Gasteiger partial charge is 0.490 e. The van der Waals surface area contributed by atoms with Gasteiger partial charge in [0, 0.05) is 6.54 Å². The molecule has 0 radical (unpaired) electrons. The standard InChI is InChI=1S/C14H19NO4/c1-3-8-15-13(17)10-19-14-11(9-16)6-5-7-12(14)18-4-2/h5-7,9H,3-4,8,10H2,1-2H3,(H,15,17).